The Hall–Kier alpha value is -4.16. The first kappa shape index (κ1) is 35.7. The molecule has 0 saturated carbocycles. The van der Waals surface area contributed by atoms with Gasteiger partial charge >= 0.3 is 0 Å². The van der Waals surface area contributed by atoms with E-state index in [2.05, 4.69) is 38.9 Å². The number of piperazine rings is 1. The number of hydrogen-bond acceptors (Lipinski definition) is 5. The van der Waals surface area contributed by atoms with Crippen LogP contribution in [0.1, 0.15) is 113 Å². The first-order chi connectivity index (χ1) is 24.0. The second kappa shape index (κ2) is 14.6. The standard InChI is InChI=1S/C41H49F2N5O2/c1-5-6-7-8-9-10-11-12-13-19-47-28-40(4,31-22-32(42)24-33(43)23-31)48(38(50)39(47,2)3)20-15-16-29-21-30-25-41(26-35(30)45-27-29)34-17-14-18-44-36(34)46-37(41)49/h14,17-18,21-24,27H,5-13,19-20,25-26,28H2,1-4H3,(H,44,46,49)/t40-,41-/m0/s1. The molecule has 3 aliphatic rings. The van der Waals surface area contributed by atoms with Crippen LogP contribution < -0.4 is 5.32 Å². The quantitative estimate of drug-likeness (QED) is 0.159. The van der Waals surface area contributed by atoms with Gasteiger partial charge in [0.2, 0.25) is 11.8 Å². The number of benzene rings is 1. The van der Waals surface area contributed by atoms with Crippen LogP contribution in [0.15, 0.2) is 48.8 Å². The molecule has 2 aliphatic heterocycles. The third-order valence-corrected chi connectivity index (χ3v) is 11.2. The van der Waals surface area contributed by atoms with Crippen molar-refractivity contribution in [1.29, 1.82) is 0 Å². The molecule has 1 spiro atoms. The minimum absolute atomic E-state index is 0.0667. The Morgan fingerprint density at radius 3 is 2.32 bits per heavy atom. The average Bonchev–Trinajstić information content (AvgIpc) is 3.60. The summed E-state index contributed by atoms with van der Waals surface area (Å²) in [5, 5.41) is 2.93. The summed E-state index contributed by atoms with van der Waals surface area (Å²) in [5.41, 5.74) is 1.26. The molecule has 0 radical (unpaired) electrons. The number of carbonyl (C=O) groups is 2. The lowest BCUT2D eigenvalue weighted by Crippen LogP contribution is -2.70. The fourth-order valence-electron chi connectivity index (χ4n) is 8.08. The summed E-state index contributed by atoms with van der Waals surface area (Å²) in [5.74, 6) is 5.44. The number of hydrogen-bond donors (Lipinski definition) is 1. The normalized spacial score (nSPS) is 22.3. The molecular weight excluding hydrogens is 632 g/mol. The third kappa shape index (κ3) is 6.92. The van der Waals surface area contributed by atoms with Crippen LogP contribution >= 0.6 is 0 Å². The van der Waals surface area contributed by atoms with Gasteiger partial charge in [0.05, 0.1) is 23.0 Å². The molecule has 7 nitrogen and oxygen atoms in total. The maximum Gasteiger partial charge on any atom is 0.244 e. The summed E-state index contributed by atoms with van der Waals surface area (Å²) >= 11 is 0. The van der Waals surface area contributed by atoms with Crippen LogP contribution in [0.4, 0.5) is 14.6 Å². The molecule has 2 amide bonds. The Morgan fingerprint density at radius 2 is 1.60 bits per heavy atom. The van der Waals surface area contributed by atoms with Crippen molar-refractivity contribution < 1.29 is 18.4 Å². The maximum atomic E-state index is 14.6. The zero-order valence-electron chi connectivity index (χ0n) is 29.9. The predicted molar refractivity (Wildman–Crippen MR) is 191 cm³/mol. The summed E-state index contributed by atoms with van der Waals surface area (Å²) in [6.07, 6.45) is 15.2. The Morgan fingerprint density at radius 1 is 0.900 bits per heavy atom. The van der Waals surface area contributed by atoms with Crippen molar-refractivity contribution in [1.82, 2.24) is 19.8 Å². The van der Waals surface area contributed by atoms with Gasteiger partial charge < -0.3 is 10.2 Å². The molecular formula is C41H49F2N5O2. The van der Waals surface area contributed by atoms with Crippen molar-refractivity contribution in [2.45, 2.75) is 115 Å². The molecule has 0 bridgehead atoms. The van der Waals surface area contributed by atoms with Crippen LogP contribution in [0.5, 0.6) is 0 Å². The number of nitrogens with zero attached hydrogens (tertiary/aromatic N) is 4. The second-order valence-corrected chi connectivity index (χ2v) is 15.1. The topological polar surface area (TPSA) is 78.4 Å². The third-order valence-electron chi connectivity index (χ3n) is 11.2. The second-order valence-electron chi connectivity index (χ2n) is 15.1. The highest BCUT2D eigenvalue weighted by molar-refractivity contribution is 6.06. The Bertz CT molecular complexity index is 1800. The van der Waals surface area contributed by atoms with E-state index in [1.165, 1.54) is 57.1 Å². The van der Waals surface area contributed by atoms with E-state index in [9.17, 15) is 18.4 Å². The summed E-state index contributed by atoms with van der Waals surface area (Å²) in [7, 11) is 0. The van der Waals surface area contributed by atoms with E-state index in [1.807, 2.05) is 39.0 Å². The minimum atomic E-state index is -1.01. The van der Waals surface area contributed by atoms with E-state index >= 15 is 0 Å². The molecule has 1 aromatic carbocycles. The van der Waals surface area contributed by atoms with Crippen LogP contribution in [0, 0.1) is 23.5 Å². The first-order valence-electron chi connectivity index (χ1n) is 18.3. The van der Waals surface area contributed by atoms with Gasteiger partial charge in [-0.15, -0.1) is 0 Å². The number of rotatable bonds is 12. The van der Waals surface area contributed by atoms with E-state index < -0.39 is 28.1 Å². The van der Waals surface area contributed by atoms with E-state index in [4.69, 9.17) is 0 Å². The monoisotopic (exact) mass is 681 g/mol. The molecule has 0 unspecified atom stereocenters. The molecule has 3 aromatic rings. The number of anilines is 1. The zero-order valence-corrected chi connectivity index (χ0v) is 29.9. The van der Waals surface area contributed by atoms with Gasteiger partial charge in [0, 0.05) is 48.2 Å². The zero-order chi connectivity index (χ0) is 35.5. The van der Waals surface area contributed by atoms with Crippen molar-refractivity contribution in [3.05, 3.63) is 88.4 Å². The summed E-state index contributed by atoms with van der Waals surface area (Å²) < 4.78 is 29.2. The van der Waals surface area contributed by atoms with Gasteiger partial charge in [0.1, 0.15) is 17.5 Å². The van der Waals surface area contributed by atoms with E-state index in [0.717, 1.165) is 42.3 Å². The van der Waals surface area contributed by atoms with Gasteiger partial charge in [0.15, 0.2) is 0 Å². The van der Waals surface area contributed by atoms with Crippen molar-refractivity contribution in [3.8, 4) is 11.8 Å². The number of carbonyl (C=O) groups excluding carboxylic acids is 2. The average molecular weight is 682 g/mol. The number of amides is 2. The summed E-state index contributed by atoms with van der Waals surface area (Å²) in [4.78, 5) is 40.3. The molecule has 50 heavy (non-hydrogen) atoms. The smallest absolute Gasteiger partial charge is 0.244 e. The maximum absolute atomic E-state index is 14.6. The van der Waals surface area contributed by atoms with Gasteiger partial charge in [-0.25, -0.2) is 13.8 Å². The molecule has 264 valence electrons. The van der Waals surface area contributed by atoms with Crippen molar-refractivity contribution >= 4 is 17.6 Å². The van der Waals surface area contributed by atoms with Crippen molar-refractivity contribution in [3.63, 3.8) is 0 Å². The van der Waals surface area contributed by atoms with Crippen molar-refractivity contribution in [2.24, 2.45) is 0 Å². The molecule has 2 atom stereocenters. The summed E-state index contributed by atoms with van der Waals surface area (Å²) in [6.45, 7) is 9.20. The molecule has 1 aliphatic carbocycles. The SMILES string of the molecule is CCCCCCCCCCCN1C[C@@](C)(c2cc(F)cc(F)c2)N(CC#Cc2cnc3c(c2)C[C@@]2(C3)C(=O)Nc3ncccc32)C(=O)C1(C)C. The van der Waals surface area contributed by atoms with Gasteiger partial charge in [0.25, 0.3) is 0 Å². The number of unbranched alkanes of at least 4 members (excludes halogenated alkanes) is 8. The molecule has 2 aromatic heterocycles. The van der Waals surface area contributed by atoms with Crippen LogP contribution in [0.2, 0.25) is 0 Å². The number of fused-ring (bicyclic) bond motifs is 3. The van der Waals surface area contributed by atoms with Crippen LogP contribution in [0.25, 0.3) is 0 Å². The molecule has 4 heterocycles. The lowest BCUT2D eigenvalue weighted by atomic mass is 9.80. The number of halogens is 2. The fraction of sp³-hybridized carbons (Fsp3) is 0.512. The highest BCUT2D eigenvalue weighted by Crippen LogP contribution is 2.46. The fourth-order valence-corrected chi connectivity index (χ4v) is 8.08. The van der Waals surface area contributed by atoms with Gasteiger partial charge in [-0.2, -0.15) is 0 Å². The molecule has 6 rings (SSSR count). The van der Waals surface area contributed by atoms with E-state index in [0.29, 0.717) is 36.3 Å². The Kier molecular flexibility index (Phi) is 10.4. The lowest BCUT2D eigenvalue weighted by molar-refractivity contribution is -0.161. The highest BCUT2D eigenvalue weighted by atomic mass is 19.1. The largest absolute Gasteiger partial charge is 0.319 e. The molecule has 1 N–H and O–H groups in total. The van der Waals surface area contributed by atoms with Crippen LogP contribution in [-0.4, -0.2) is 56.8 Å². The predicted octanol–water partition coefficient (Wildman–Crippen LogP) is 7.46. The first-order valence-corrected chi connectivity index (χ1v) is 18.3. The van der Waals surface area contributed by atoms with Gasteiger partial charge in [-0.1, -0.05) is 76.2 Å². The van der Waals surface area contributed by atoms with Crippen LogP contribution in [0.3, 0.4) is 0 Å². The van der Waals surface area contributed by atoms with Crippen LogP contribution in [-0.2, 0) is 33.4 Å². The molecule has 1 saturated heterocycles. The lowest BCUT2D eigenvalue weighted by Gasteiger charge is -2.55. The number of nitrogens with one attached hydrogen (secondary N) is 1. The van der Waals surface area contributed by atoms with Gasteiger partial charge in [-0.05, 0) is 75.5 Å². The van der Waals surface area contributed by atoms with Gasteiger partial charge in [-0.3, -0.25) is 19.5 Å². The Balaban J connectivity index is 1.18. The van der Waals surface area contributed by atoms with Crippen molar-refractivity contribution in [2.75, 3.05) is 25.0 Å². The molecule has 1 fully saturated rings. The van der Waals surface area contributed by atoms with E-state index in [1.54, 1.807) is 17.3 Å². The summed E-state index contributed by atoms with van der Waals surface area (Å²) in [6, 6.07) is 9.30. The highest BCUT2D eigenvalue weighted by Gasteiger charge is 2.53. The molecule has 9 heteroatoms. The Labute approximate surface area is 295 Å². The number of aromatic nitrogens is 2. The van der Waals surface area contributed by atoms with E-state index in [-0.39, 0.29) is 18.4 Å². The minimum Gasteiger partial charge on any atom is -0.319 e. The number of pyridine rings is 2.